The van der Waals surface area contributed by atoms with Gasteiger partial charge >= 0.3 is 0 Å². The third-order valence-electron chi connectivity index (χ3n) is 39.0. The van der Waals surface area contributed by atoms with Crippen LogP contribution in [-0.2, 0) is 16.6 Å². The molecule has 6 fully saturated rings. The lowest BCUT2D eigenvalue weighted by molar-refractivity contribution is 0.0151. The Balaban J connectivity index is 0.000000100. The zero-order valence-electron chi connectivity index (χ0n) is 93.6. The fourth-order valence-corrected chi connectivity index (χ4v) is 33.1. The molecule has 0 N–H and O–H groups in total. The van der Waals surface area contributed by atoms with Crippen molar-refractivity contribution in [1.82, 2.24) is 24.5 Å². The van der Waals surface area contributed by atoms with Crippen LogP contribution in [-0.4, -0.2) is 55.3 Å². The molecule has 10 aliphatic heterocycles. The van der Waals surface area contributed by atoms with Gasteiger partial charge in [0.2, 0.25) is 0 Å². The number of rotatable bonds is 13. The summed E-state index contributed by atoms with van der Waals surface area (Å²) < 4.78 is 19.7. The molecule has 0 aromatic heterocycles. The lowest BCUT2D eigenvalue weighted by Crippen LogP contribution is -2.55. The number of benzene rings is 12. The maximum atomic E-state index is 9.88. The summed E-state index contributed by atoms with van der Waals surface area (Å²) in [7, 11) is 0. The molecular formula is C139H160N10. The fraction of sp³-hybridized carbons (Fsp3) is 0.410. The zero-order chi connectivity index (χ0) is 104. The van der Waals surface area contributed by atoms with Gasteiger partial charge in [-0.3, -0.25) is 0 Å². The van der Waals surface area contributed by atoms with Crippen LogP contribution in [0.2, 0.25) is 0 Å². The van der Waals surface area contributed by atoms with Crippen LogP contribution in [0.25, 0.3) is 28.5 Å². The normalized spacial score (nSPS) is 26.3. The van der Waals surface area contributed by atoms with Gasteiger partial charge < -0.3 is 49.0 Å². The van der Waals surface area contributed by atoms with Crippen LogP contribution < -0.4 is 24.5 Å². The van der Waals surface area contributed by atoms with E-state index in [0.717, 1.165) is 37.5 Å². The summed E-state index contributed by atoms with van der Waals surface area (Å²) >= 11 is 0. The highest BCUT2D eigenvalue weighted by atomic mass is 15.5. The van der Waals surface area contributed by atoms with Gasteiger partial charge in [-0.2, -0.15) is 0 Å². The van der Waals surface area contributed by atoms with Crippen molar-refractivity contribution < 1.29 is 2.74 Å². The molecule has 0 amide bonds. The topological polar surface area (TPSA) is 32.4 Å². The molecule has 6 saturated carbocycles. The molecular weight excluding hydrogens is 1810 g/mol. The first-order valence-electron chi connectivity index (χ1n) is 58.9. The van der Waals surface area contributed by atoms with Crippen LogP contribution in [0.5, 0.6) is 0 Å². The van der Waals surface area contributed by atoms with Crippen LogP contribution in [0.3, 0.4) is 0 Å². The van der Waals surface area contributed by atoms with Crippen molar-refractivity contribution >= 4 is 56.9 Å². The van der Waals surface area contributed by atoms with E-state index in [4.69, 9.17) is 0 Å². The second-order valence-electron chi connectivity index (χ2n) is 46.6. The van der Waals surface area contributed by atoms with Crippen molar-refractivity contribution in [3.05, 3.63) is 426 Å². The van der Waals surface area contributed by atoms with Crippen LogP contribution in [0.1, 0.15) is 346 Å². The number of hydrogen-bond acceptors (Lipinski definition) is 10. The van der Waals surface area contributed by atoms with E-state index < -0.39 is 12.0 Å². The lowest BCUT2D eigenvalue weighted by atomic mass is 9.67. The van der Waals surface area contributed by atoms with E-state index in [-0.39, 0.29) is 41.3 Å². The van der Waals surface area contributed by atoms with Gasteiger partial charge in [0.05, 0.1) is 59.9 Å². The molecule has 0 spiro atoms. The molecule has 9 unspecified atom stereocenters. The predicted molar refractivity (Wildman–Crippen MR) is 623 cm³/mol. The van der Waals surface area contributed by atoms with Gasteiger partial charge in [-0.15, -0.1) is 0 Å². The second kappa shape index (κ2) is 40.3. The predicted octanol–water partition coefficient (Wildman–Crippen LogP) is 35.0. The van der Waals surface area contributed by atoms with Crippen molar-refractivity contribution in [2.24, 2.45) is 35.5 Å². The summed E-state index contributed by atoms with van der Waals surface area (Å²) in [6, 6.07) is 111. The van der Waals surface area contributed by atoms with E-state index in [1.165, 1.54) is 316 Å². The first kappa shape index (κ1) is 95.9. The minimum Gasteiger partial charge on any atom is -0.342 e. The molecule has 0 radical (unpaired) electrons. The summed E-state index contributed by atoms with van der Waals surface area (Å²) in [6.45, 7) is 34.4. The minimum absolute atomic E-state index is 0.109. The third kappa shape index (κ3) is 15.6. The zero-order valence-corrected chi connectivity index (χ0v) is 91.6. The molecule has 12 aromatic rings. The molecule has 12 aromatic carbocycles. The number of allylic oxidation sites excluding steroid dienone is 5. The number of aryl methyl sites for hydroxylation is 5. The van der Waals surface area contributed by atoms with Gasteiger partial charge in [0.25, 0.3) is 0 Å². The number of fused-ring (bicyclic) bond motifs is 15. The Morgan fingerprint density at radius 3 is 0.785 bits per heavy atom. The van der Waals surface area contributed by atoms with E-state index in [1.807, 2.05) is 0 Å². The summed E-state index contributed by atoms with van der Waals surface area (Å²) in [5.41, 5.74) is 43.6. The number of hydrogen-bond donors (Lipinski definition) is 0. The SMILES string of the molecule is CC1=C2c3ccccc3C(C3CCCC3)(C3CCCC3)N2C(C)N1c1ccccc1C.CC1=C2c3ccccc3C(c3ccccc3)(C3CCCC3)N2C(C)N1c1ccccc1C.CC1=C2c3ccccc3C(c3ccccc3)(C3CCCCC3)N2C(C)N1c1ccccc1C.[2H]C1(C2CCCC2)c2ccccc2C2=C(C)N(c3ccccc3C)C(C)N21.[2H]C1(C2CCCCC2)c2ccccc2C2=C(C)N(c3ccccc3C)C(C)N21. The van der Waals surface area contributed by atoms with E-state index in [0.29, 0.717) is 29.8 Å². The number of nitrogens with zero attached hydrogens (tertiary/aromatic N) is 10. The molecule has 10 heteroatoms. The summed E-state index contributed by atoms with van der Waals surface area (Å²) in [5, 5.41) is 0. The Kier molecular flexibility index (Phi) is 25.9. The quantitative estimate of drug-likeness (QED) is 0.111. The van der Waals surface area contributed by atoms with Crippen LogP contribution in [0.4, 0.5) is 28.4 Å². The second-order valence-corrected chi connectivity index (χ2v) is 46.6. The standard InChI is InChI=1S/C31H34N2.C30H32N2.C29H36N2.C25H30N2.C24H28N2/c1-22-14-10-13-21-29(22)32-23(2)30-27-19-11-12-20-28(27)31(33(30)24(32)3,25-15-6-4-7-16-25)26-17-8-5-9-18-26;1-21-13-7-12-20-28(21)31-22(2)29-26-18-10-11-19-27(26)30(32(29)23(31)3,25-16-8-9-17-25)24-14-5-4-6-15-24;1-20-12-4-11-19-27(20)30-21(2)28-25-17-9-10-18-26(25)29(31(28)22(30)3,23-13-5-6-14-23)24-15-7-8-16-24;1-17-11-7-10-16-23(17)26-18(2)24-21-14-8-9-15-22(21)25(27(24)19(26)3)20-12-5-4-6-13-20;1-16-10-4-9-15-22(16)25-17(2)23-20-13-7-8-14-21(20)24(26(23)18(25)3)19-11-5-6-12-19/h4,6-7,10-16,19-21,24,26H,5,8-9,17-18H2,1-3H3;4-7,10-15,18-20,23,25H,8-9,16-17H2,1-3H3;4,9-12,17-19,22-24H,5-8,13-16H2,1-3H3;7-11,14-16,19-20,25H,4-6,12-13H2,1-3H3;4,7-10,13-15,18-19,24H,5-6,11-12H2,1-3H3/i;;;25D;24D. The van der Waals surface area contributed by atoms with Gasteiger partial charge in [-0.05, 0) is 314 Å². The molecule has 10 heterocycles. The van der Waals surface area contributed by atoms with Crippen molar-refractivity contribution in [2.45, 2.75) is 330 Å². The Hall–Kier alpha value is -12.7. The molecule has 6 aliphatic carbocycles. The monoisotopic (exact) mass is 1970 g/mol. The molecule has 10 nitrogen and oxygen atoms in total. The van der Waals surface area contributed by atoms with Crippen molar-refractivity contribution in [3.8, 4) is 0 Å². The summed E-state index contributed by atoms with van der Waals surface area (Å²) in [5.74, 6) is 3.59. The first-order chi connectivity index (χ1) is 73.6. The molecule has 149 heavy (non-hydrogen) atoms. The van der Waals surface area contributed by atoms with Crippen LogP contribution >= 0.6 is 0 Å². The maximum absolute atomic E-state index is 9.88. The smallest absolute Gasteiger partial charge is 0.104 e. The summed E-state index contributed by atoms with van der Waals surface area (Å²) in [4.78, 5) is 26.1. The van der Waals surface area contributed by atoms with Crippen molar-refractivity contribution in [2.75, 3.05) is 24.5 Å². The van der Waals surface area contributed by atoms with Gasteiger partial charge in [-0.1, -0.05) is 363 Å². The fourth-order valence-electron chi connectivity index (χ4n) is 33.1. The Morgan fingerprint density at radius 1 is 0.215 bits per heavy atom. The van der Waals surface area contributed by atoms with E-state index in [2.05, 4.69) is 456 Å². The minimum atomic E-state index is -0.662. The lowest BCUT2D eigenvalue weighted by Gasteiger charge is -2.51. The van der Waals surface area contributed by atoms with E-state index >= 15 is 0 Å². The number of para-hydroxylation sites is 5. The van der Waals surface area contributed by atoms with Gasteiger partial charge in [0.1, 0.15) is 30.8 Å². The van der Waals surface area contributed by atoms with E-state index in [9.17, 15) is 2.74 Å². The Bertz CT molecular complexity index is 7260. The van der Waals surface area contributed by atoms with Gasteiger partial charge in [0, 0.05) is 84.7 Å². The van der Waals surface area contributed by atoms with Crippen molar-refractivity contribution in [3.63, 3.8) is 0 Å². The summed E-state index contributed by atoms with van der Waals surface area (Å²) in [6.07, 6.45) is 35.2. The maximum Gasteiger partial charge on any atom is 0.104 e. The highest BCUT2D eigenvalue weighted by Crippen LogP contribution is 2.69. The molecule has 0 bridgehead atoms. The molecule has 766 valence electrons. The highest BCUT2D eigenvalue weighted by Gasteiger charge is 2.65. The molecule has 9 atom stereocenters. The van der Waals surface area contributed by atoms with Gasteiger partial charge in [0.15, 0.2) is 0 Å². The molecule has 16 aliphatic rings. The Morgan fingerprint density at radius 2 is 0.450 bits per heavy atom. The third-order valence-corrected chi connectivity index (χ3v) is 39.0. The average Bonchev–Trinajstić information content (AvgIpc) is 1.50. The van der Waals surface area contributed by atoms with Gasteiger partial charge in [-0.25, -0.2) is 0 Å². The first-order valence-corrected chi connectivity index (χ1v) is 57.9. The average molecular weight is 1970 g/mol. The largest absolute Gasteiger partial charge is 0.342 e. The highest BCUT2D eigenvalue weighted by molar-refractivity contribution is 5.89. The molecule has 28 rings (SSSR count). The van der Waals surface area contributed by atoms with Crippen LogP contribution in [0.15, 0.2) is 332 Å². The van der Waals surface area contributed by atoms with Crippen molar-refractivity contribution in [1.29, 1.82) is 0 Å². The van der Waals surface area contributed by atoms with Crippen LogP contribution in [0, 0.1) is 70.1 Å². The molecule has 0 saturated heterocycles. The Labute approximate surface area is 894 Å². The van der Waals surface area contributed by atoms with E-state index in [1.54, 1.807) is 5.56 Å². The number of anilines is 5.